The van der Waals surface area contributed by atoms with E-state index < -0.39 is 74.2 Å². The summed E-state index contributed by atoms with van der Waals surface area (Å²) in [4.78, 5) is 13.2. The van der Waals surface area contributed by atoms with Gasteiger partial charge in [-0.15, -0.1) is 0 Å². The first kappa shape index (κ1) is 65.1. The van der Waals surface area contributed by atoms with E-state index in [0.717, 1.165) is 38.5 Å². The van der Waals surface area contributed by atoms with Gasteiger partial charge < -0.3 is 50.5 Å². The molecule has 0 aromatic heterocycles. The minimum Gasteiger partial charge on any atom is -0.394 e. The molecular weight excluding hydrogens is 859 g/mol. The fourth-order valence-corrected chi connectivity index (χ4v) is 9.86. The summed E-state index contributed by atoms with van der Waals surface area (Å²) in [6, 6.07) is -1.16. The number of ether oxygens (including phenoxy) is 2. The zero-order valence-corrected chi connectivity index (χ0v) is 44.4. The molecule has 1 rings (SSSR count). The summed E-state index contributed by atoms with van der Waals surface area (Å²) in [6.07, 6.45) is 41.7. The second kappa shape index (κ2) is 47.1. The van der Waals surface area contributed by atoms with Crippen molar-refractivity contribution in [3.8, 4) is 0 Å². The number of carbonyl (C=O) groups excluding carboxylic acids is 1. The van der Waals surface area contributed by atoms with Gasteiger partial charge in [-0.05, 0) is 12.8 Å². The van der Waals surface area contributed by atoms with Crippen molar-refractivity contribution in [2.45, 2.75) is 345 Å². The summed E-state index contributed by atoms with van der Waals surface area (Å²) in [5.74, 6) is -0.690. The third kappa shape index (κ3) is 35.3. The molecule has 9 unspecified atom stereocenters. The highest BCUT2D eigenvalue weighted by molar-refractivity contribution is 5.80. The van der Waals surface area contributed by atoms with Gasteiger partial charge in [0.05, 0.1) is 25.4 Å². The first-order valence-corrected chi connectivity index (χ1v) is 29.4. The van der Waals surface area contributed by atoms with Crippen molar-refractivity contribution in [1.82, 2.24) is 5.32 Å². The van der Waals surface area contributed by atoms with Crippen LogP contribution in [0.4, 0.5) is 0 Å². The van der Waals surface area contributed by atoms with Crippen molar-refractivity contribution in [2.75, 3.05) is 13.2 Å². The lowest BCUT2D eigenvalue weighted by molar-refractivity contribution is -0.303. The second-order valence-electron chi connectivity index (χ2n) is 21.1. The Kier molecular flexibility index (Phi) is 45.1. The van der Waals surface area contributed by atoms with Gasteiger partial charge in [0.1, 0.15) is 36.6 Å². The molecule has 0 aliphatic carbocycles. The normalized spacial score (nSPS) is 20.4. The van der Waals surface area contributed by atoms with Crippen molar-refractivity contribution < 1.29 is 50.0 Å². The number of carbonyl (C=O) groups is 1. The SMILES string of the molecule is CCCCCCCCCCCCCCCCCCCCCCCCCCCCCC(O)C(=O)NC(COC1OC(CO)C(O)C(O)C1O)C(O)C(O)CCCCCCCCCCCCCCCC. The highest BCUT2D eigenvalue weighted by Crippen LogP contribution is 2.24. The van der Waals surface area contributed by atoms with Crippen LogP contribution in [0.2, 0.25) is 0 Å². The Hall–Kier alpha value is -0.890. The third-order valence-corrected chi connectivity index (χ3v) is 14.7. The average Bonchev–Trinajstić information content (AvgIpc) is 3.34. The topological polar surface area (TPSA) is 189 Å². The maximum absolute atomic E-state index is 13.2. The molecule has 0 aromatic rings. The summed E-state index contributed by atoms with van der Waals surface area (Å²) in [5.41, 5.74) is 0. The summed E-state index contributed by atoms with van der Waals surface area (Å²) in [7, 11) is 0. The Balaban J connectivity index is 2.23. The molecule has 11 nitrogen and oxygen atoms in total. The van der Waals surface area contributed by atoms with Crippen LogP contribution in [-0.2, 0) is 14.3 Å². The van der Waals surface area contributed by atoms with E-state index >= 15 is 0 Å². The number of hydrogen-bond donors (Lipinski definition) is 8. The molecule has 1 aliphatic heterocycles. The van der Waals surface area contributed by atoms with Crippen molar-refractivity contribution in [3.05, 3.63) is 0 Å². The van der Waals surface area contributed by atoms with Gasteiger partial charge in [-0.25, -0.2) is 0 Å². The number of rotatable bonds is 51. The average molecular weight is 973 g/mol. The maximum atomic E-state index is 13.2. The fourth-order valence-electron chi connectivity index (χ4n) is 9.86. The second-order valence-corrected chi connectivity index (χ2v) is 21.1. The maximum Gasteiger partial charge on any atom is 0.249 e. The summed E-state index contributed by atoms with van der Waals surface area (Å²) in [6.45, 7) is 3.49. The molecule has 1 fully saturated rings. The van der Waals surface area contributed by atoms with Crippen LogP contribution >= 0.6 is 0 Å². The molecule has 0 aromatic carbocycles. The predicted molar refractivity (Wildman–Crippen MR) is 280 cm³/mol. The number of amides is 1. The Morgan fingerprint density at radius 1 is 0.456 bits per heavy atom. The van der Waals surface area contributed by atoms with E-state index in [1.165, 1.54) is 212 Å². The lowest BCUT2D eigenvalue weighted by Gasteiger charge is -2.40. The summed E-state index contributed by atoms with van der Waals surface area (Å²) >= 11 is 0. The summed E-state index contributed by atoms with van der Waals surface area (Å²) in [5, 5.41) is 76.1. The lowest BCUT2D eigenvalue weighted by atomic mass is 9.98. The molecule has 1 amide bonds. The van der Waals surface area contributed by atoms with Crippen molar-refractivity contribution in [1.29, 1.82) is 0 Å². The highest BCUT2D eigenvalue weighted by Gasteiger charge is 2.44. The number of hydrogen-bond acceptors (Lipinski definition) is 10. The Bertz CT molecular complexity index is 1070. The quantitative estimate of drug-likeness (QED) is 0.0272. The van der Waals surface area contributed by atoms with Gasteiger partial charge in [0.25, 0.3) is 0 Å². The van der Waals surface area contributed by atoms with Gasteiger partial charge >= 0.3 is 0 Å². The van der Waals surface area contributed by atoms with Crippen LogP contribution in [0.1, 0.15) is 290 Å². The standard InChI is InChI=1S/C57H113NO10/c1-3-5-7-9-11-13-15-17-19-20-21-22-23-24-25-26-27-28-29-30-31-33-35-37-39-41-43-45-50(61)56(66)58-48(47-67-57-55(65)54(64)53(63)51(46-59)68-57)52(62)49(60)44-42-40-38-36-34-32-18-16-14-12-10-8-6-4-2/h48-55,57,59-65H,3-47H2,1-2H3,(H,58,66). The van der Waals surface area contributed by atoms with E-state index in [1.807, 2.05) is 0 Å². The van der Waals surface area contributed by atoms with E-state index in [9.17, 15) is 40.5 Å². The van der Waals surface area contributed by atoms with E-state index in [-0.39, 0.29) is 6.42 Å². The zero-order valence-electron chi connectivity index (χ0n) is 44.4. The monoisotopic (exact) mass is 972 g/mol. The Labute approximate surface area is 418 Å². The zero-order chi connectivity index (χ0) is 49.7. The first-order valence-electron chi connectivity index (χ1n) is 29.4. The number of unbranched alkanes of at least 4 members (excludes halogenated alkanes) is 39. The summed E-state index contributed by atoms with van der Waals surface area (Å²) < 4.78 is 11.1. The third-order valence-electron chi connectivity index (χ3n) is 14.7. The van der Waals surface area contributed by atoms with Crippen LogP contribution in [0.15, 0.2) is 0 Å². The largest absolute Gasteiger partial charge is 0.394 e. The van der Waals surface area contributed by atoms with E-state index in [1.54, 1.807) is 0 Å². The van der Waals surface area contributed by atoms with Crippen molar-refractivity contribution in [2.24, 2.45) is 0 Å². The number of nitrogens with one attached hydrogen (secondary N) is 1. The molecule has 0 radical (unpaired) electrons. The number of aliphatic hydroxyl groups is 7. The molecule has 1 aliphatic rings. The molecule has 1 heterocycles. The molecule has 0 saturated carbocycles. The lowest BCUT2D eigenvalue weighted by Crippen LogP contribution is -2.60. The number of aliphatic hydroxyl groups excluding tert-OH is 7. The molecule has 11 heteroatoms. The highest BCUT2D eigenvalue weighted by atomic mass is 16.7. The van der Waals surface area contributed by atoms with Gasteiger partial charge in [-0.2, -0.15) is 0 Å². The van der Waals surface area contributed by atoms with Crippen molar-refractivity contribution in [3.63, 3.8) is 0 Å². The van der Waals surface area contributed by atoms with Crippen LogP contribution in [-0.4, -0.2) is 110 Å². The van der Waals surface area contributed by atoms with Crippen LogP contribution in [0, 0.1) is 0 Å². The predicted octanol–water partition coefficient (Wildman–Crippen LogP) is 12.2. The molecule has 9 atom stereocenters. The molecule has 406 valence electrons. The van der Waals surface area contributed by atoms with Gasteiger partial charge in [0.15, 0.2) is 6.29 Å². The van der Waals surface area contributed by atoms with Gasteiger partial charge in [-0.3, -0.25) is 4.79 Å². The van der Waals surface area contributed by atoms with E-state index in [0.29, 0.717) is 19.3 Å². The van der Waals surface area contributed by atoms with Gasteiger partial charge in [0.2, 0.25) is 5.91 Å². The molecule has 0 spiro atoms. The molecular formula is C57H113NO10. The molecule has 0 bridgehead atoms. The van der Waals surface area contributed by atoms with Crippen LogP contribution in [0.25, 0.3) is 0 Å². The van der Waals surface area contributed by atoms with E-state index in [4.69, 9.17) is 9.47 Å². The van der Waals surface area contributed by atoms with E-state index in [2.05, 4.69) is 19.2 Å². The fraction of sp³-hybridized carbons (Fsp3) is 0.982. The van der Waals surface area contributed by atoms with Crippen molar-refractivity contribution >= 4 is 5.91 Å². The van der Waals surface area contributed by atoms with Crippen LogP contribution in [0.3, 0.4) is 0 Å². The first-order chi connectivity index (χ1) is 33.2. The van der Waals surface area contributed by atoms with Gasteiger partial charge in [-0.1, -0.05) is 277 Å². The minimum absolute atomic E-state index is 0.267. The Morgan fingerprint density at radius 3 is 1.09 bits per heavy atom. The molecule has 8 N–H and O–H groups in total. The molecule has 68 heavy (non-hydrogen) atoms. The Morgan fingerprint density at radius 2 is 0.765 bits per heavy atom. The smallest absolute Gasteiger partial charge is 0.249 e. The van der Waals surface area contributed by atoms with Crippen LogP contribution < -0.4 is 5.32 Å². The van der Waals surface area contributed by atoms with Gasteiger partial charge in [0, 0.05) is 0 Å². The minimum atomic E-state index is -1.66. The molecule has 1 saturated heterocycles. The van der Waals surface area contributed by atoms with Crippen LogP contribution in [0.5, 0.6) is 0 Å².